The van der Waals surface area contributed by atoms with Crippen LogP contribution in [0.1, 0.15) is 19.5 Å². The predicted molar refractivity (Wildman–Crippen MR) is 156 cm³/mol. The zero-order valence-corrected chi connectivity index (χ0v) is 23.1. The van der Waals surface area contributed by atoms with E-state index in [0.29, 0.717) is 55.9 Å². The van der Waals surface area contributed by atoms with Gasteiger partial charge in [-0.25, -0.2) is 14.8 Å². The van der Waals surface area contributed by atoms with Gasteiger partial charge in [-0.15, -0.1) is 0 Å². The van der Waals surface area contributed by atoms with Crippen LogP contribution in [0.25, 0.3) is 22.2 Å². The Morgan fingerprint density at radius 3 is 2.88 bits per heavy atom. The number of likely N-dealkylation sites (N-methyl/N-ethyl adjacent to an activating group) is 1. The summed E-state index contributed by atoms with van der Waals surface area (Å²) in [5.74, 6) is 1.01. The van der Waals surface area contributed by atoms with E-state index in [2.05, 4.69) is 38.4 Å². The summed E-state index contributed by atoms with van der Waals surface area (Å²) >= 11 is 0. The molecule has 5 rings (SSSR count). The number of carbonyl (C=O) groups excluding carboxylic acids is 1. The van der Waals surface area contributed by atoms with E-state index in [4.69, 9.17) is 24.9 Å². The molecular weight excluding hydrogens is 510 g/mol. The molecule has 0 saturated heterocycles. The SMILES string of the molecule is CCNC(=O)OCCN(CC)c1cc(OC)c(Nc2nccc(-c3c4n(c5ccccc35)CCOC4)n2)cc1N. The standard InChI is InChI=1S/C29H35N7O4/c1-4-31-29(37)40-15-12-35(5-2)24-17-26(38-3)22(16-20(24)30)34-28-32-11-10-21(33-28)27-19-8-6-7-9-23(19)36-13-14-39-18-25(27)36/h6-11,16-17H,4-5,12-15,18,30H2,1-3H3,(H,31,37)(H,32,33,34). The second-order valence-corrected chi connectivity index (χ2v) is 9.29. The number of anilines is 4. The Morgan fingerprint density at radius 1 is 1.23 bits per heavy atom. The van der Waals surface area contributed by atoms with E-state index >= 15 is 0 Å². The van der Waals surface area contributed by atoms with Crippen LogP contribution in [0.15, 0.2) is 48.7 Å². The van der Waals surface area contributed by atoms with Crippen LogP contribution in [0.5, 0.6) is 5.75 Å². The van der Waals surface area contributed by atoms with Crippen molar-refractivity contribution in [1.82, 2.24) is 19.9 Å². The lowest BCUT2D eigenvalue weighted by molar-refractivity contribution is 0.0869. The van der Waals surface area contributed by atoms with Crippen molar-refractivity contribution in [3.05, 3.63) is 54.4 Å². The maximum atomic E-state index is 11.6. The van der Waals surface area contributed by atoms with Gasteiger partial charge in [0.25, 0.3) is 0 Å². The minimum absolute atomic E-state index is 0.228. The van der Waals surface area contributed by atoms with Gasteiger partial charge in [0.15, 0.2) is 0 Å². The van der Waals surface area contributed by atoms with Crippen molar-refractivity contribution in [2.24, 2.45) is 0 Å². The number of benzene rings is 2. The summed E-state index contributed by atoms with van der Waals surface area (Å²) in [6.45, 7) is 7.78. The maximum absolute atomic E-state index is 11.6. The minimum Gasteiger partial charge on any atom is -0.494 e. The first kappa shape index (κ1) is 27.1. The highest BCUT2D eigenvalue weighted by atomic mass is 16.5. The van der Waals surface area contributed by atoms with E-state index in [1.165, 1.54) is 5.52 Å². The molecule has 11 nitrogen and oxygen atoms in total. The van der Waals surface area contributed by atoms with Crippen LogP contribution in [-0.4, -0.2) is 60.6 Å². The molecule has 3 heterocycles. The number of methoxy groups -OCH3 is 1. The molecule has 0 spiro atoms. The van der Waals surface area contributed by atoms with Crippen molar-refractivity contribution in [2.45, 2.75) is 27.0 Å². The number of nitrogens with two attached hydrogens (primary N) is 1. The molecule has 0 aliphatic carbocycles. The molecule has 0 fully saturated rings. The van der Waals surface area contributed by atoms with Crippen LogP contribution in [0.3, 0.4) is 0 Å². The number of carbonyl (C=O) groups is 1. The van der Waals surface area contributed by atoms with E-state index in [1.54, 1.807) is 19.4 Å². The highest BCUT2D eigenvalue weighted by Gasteiger charge is 2.22. The van der Waals surface area contributed by atoms with Gasteiger partial charge in [0.1, 0.15) is 12.4 Å². The predicted octanol–water partition coefficient (Wildman–Crippen LogP) is 4.54. The number of rotatable bonds is 10. The van der Waals surface area contributed by atoms with Gasteiger partial charge in [0, 0.05) is 48.4 Å². The monoisotopic (exact) mass is 545 g/mol. The Kier molecular flexibility index (Phi) is 8.20. The molecular formula is C29H35N7O4. The fourth-order valence-corrected chi connectivity index (χ4v) is 5.07. The molecule has 2 aromatic heterocycles. The molecule has 0 saturated carbocycles. The number of alkyl carbamates (subject to hydrolysis) is 1. The number of hydrogen-bond acceptors (Lipinski definition) is 9. The van der Waals surface area contributed by atoms with Crippen molar-refractivity contribution in [2.75, 3.05) is 55.9 Å². The Labute approximate surface area is 233 Å². The van der Waals surface area contributed by atoms with Gasteiger partial charge in [-0.3, -0.25) is 0 Å². The summed E-state index contributed by atoms with van der Waals surface area (Å²) in [6, 6.07) is 13.9. The number of nitrogen functional groups attached to an aromatic ring is 1. The van der Waals surface area contributed by atoms with Crippen LogP contribution in [0.4, 0.5) is 27.8 Å². The van der Waals surface area contributed by atoms with Crippen LogP contribution in [-0.2, 0) is 22.6 Å². The van der Waals surface area contributed by atoms with Gasteiger partial charge in [-0.05, 0) is 32.0 Å². The summed E-state index contributed by atoms with van der Waals surface area (Å²) in [7, 11) is 1.60. The van der Waals surface area contributed by atoms with Crippen molar-refractivity contribution in [1.29, 1.82) is 0 Å². The van der Waals surface area contributed by atoms with E-state index in [9.17, 15) is 4.79 Å². The summed E-state index contributed by atoms with van der Waals surface area (Å²) in [5.41, 5.74) is 12.6. The molecule has 1 amide bonds. The number of fused-ring (bicyclic) bond motifs is 3. The summed E-state index contributed by atoms with van der Waals surface area (Å²) in [5, 5.41) is 7.05. The van der Waals surface area contributed by atoms with E-state index in [0.717, 1.165) is 34.6 Å². The number of aromatic nitrogens is 3. The Hall–Kier alpha value is -4.51. The Balaban J connectivity index is 1.41. The molecule has 1 aliphatic heterocycles. The normalized spacial score (nSPS) is 12.6. The second kappa shape index (κ2) is 12.1. The molecule has 1 aliphatic rings. The zero-order valence-electron chi connectivity index (χ0n) is 23.1. The molecule has 0 unspecified atom stereocenters. The van der Waals surface area contributed by atoms with Crippen LogP contribution < -0.4 is 26.0 Å². The number of para-hydroxylation sites is 1. The molecule has 0 bridgehead atoms. The third kappa shape index (κ3) is 5.46. The van der Waals surface area contributed by atoms with Crippen molar-refractivity contribution in [3.8, 4) is 17.0 Å². The lowest BCUT2D eigenvalue weighted by atomic mass is 10.1. The topological polar surface area (TPSA) is 129 Å². The quantitative estimate of drug-likeness (QED) is 0.246. The van der Waals surface area contributed by atoms with Crippen molar-refractivity contribution in [3.63, 3.8) is 0 Å². The van der Waals surface area contributed by atoms with Gasteiger partial charge in [-0.1, -0.05) is 18.2 Å². The van der Waals surface area contributed by atoms with E-state index in [-0.39, 0.29) is 6.61 Å². The molecule has 4 N–H and O–H groups in total. The van der Waals surface area contributed by atoms with Gasteiger partial charge >= 0.3 is 6.09 Å². The van der Waals surface area contributed by atoms with E-state index < -0.39 is 6.09 Å². The Morgan fingerprint density at radius 2 is 2.08 bits per heavy atom. The number of hydrogen-bond donors (Lipinski definition) is 3. The first-order chi connectivity index (χ1) is 19.5. The smallest absolute Gasteiger partial charge is 0.407 e. The van der Waals surface area contributed by atoms with Crippen LogP contribution in [0, 0.1) is 0 Å². The number of nitrogens with zero attached hydrogens (tertiary/aromatic N) is 4. The molecule has 11 heteroatoms. The highest BCUT2D eigenvalue weighted by Crippen LogP contribution is 2.38. The van der Waals surface area contributed by atoms with Crippen LogP contribution >= 0.6 is 0 Å². The second-order valence-electron chi connectivity index (χ2n) is 9.29. The molecule has 40 heavy (non-hydrogen) atoms. The third-order valence-electron chi connectivity index (χ3n) is 6.92. The maximum Gasteiger partial charge on any atom is 0.407 e. The lowest BCUT2D eigenvalue weighted by Gasteiger charge is -2.26. The highest BCUT2D eigenvalue weighted by molar-refractivity contribution is 5.97. The summed E-state index contributed by atoms with van der Waals surface area (Å²) in [4.78, 5) is 23.0. The van der Waals surface area contributed by atoms with Crippen molar-refractivity contribution >= 4 is 40.0 Å². The van der Waals surface area contributed by atoms with Gasteiger partial charge in [0.05, 0.1) is 55.3 Å². The average molecular weight is 546 g/mol. The number of amides is 1. The number of ether oxygens (including phenoxy) is 3. The Bertz CT molecular complexity index is 1500. The molecule has 4 aromatic rings. The first-order valence-electron chi connectivity index (χ1n) is 13.4. The summed E-state index contributed by atoms with van der Waals surface area (Å²) in [6.07, 6.45) is 1.30. The van der Waals surface area contributed by atoms with Gasteiger partial charge in [-0.2, -0.15) is 0 Å². The van der Waals surface area contributed by atoms with Gasteiger partial charge < -0.3 is 40.0 Å². The average Bonchev–Trinajstić information content (AvgIpc) is 3.31. The number of nitrogens with one attached hydrogen (secondary N) is 2. The third-order valence-corrected chi connectivity index (χ3v) is 6.92. The minimum atomic E-state index is -0.438. The van der Waals surface area contributed by atoms with Crippen molar-refractivity contribution < 1.29 is 19.0 Å². The van der Waals surface area contributed by atoms with Gasteiger partial charge in [0.2, 0.25) is 5.95 Å². The fourth-order valence-electron chi connectivity index (χ4n) is 5.07. The largest absolute Gasteiger partial charge is 0.494 e. The molecule has 2 aromatic carbocycles. The molecule has 0 atom stereocenters. The first-order valence-corrected chi connectivity index (χ1v) is 13.4. The fraction of sp³-hybridized carbons (Fsp3) is 0.345. The lowest BCUT2D eigenvalue weighted by Crippen LogP contribution is -2.31. The van der Waals surface area contributed by atoms with E-state index in [1.807, 2.05) is 36.9 Å². The molecule has 0 radical (unpaired) electrons. The molecule has 210 valence electrons. The summed E-state index contributed by atoms with van der Waals surface area (Å²) < 4.78 is 19.1. The van der Waals surface area contributed by atoms with Crippen LogP contribution in [0.2, 0.25) is 0 Å². The zero-order chi connectivity index (χ0) is 28.1.